The maximum absolute atomic E-state index is 13.6. The maximum Gasteiger partial charge on any atom is 0.264 e. The highest BCUT2D eigenvalue weighted by molar-refractivity contribution is 7.12. The Balaban J connectivity index is 1.38. The summed E-state index contributed by atoms with van der Waals surface area (Å²) in [5.41, 5.74) is 0. The lowest BCUT2D eigenvalue weighted by Gasteiger charge is -2.33. The van der Waals surface area contributed by atoms with Crippen LogP contribution >= 0.6 is 22.7 Å². The fraction of sp³-hybridized carbons (Fsp3) is 0.560. The second-order valence-electron chi connectivity index (χ2n) is 9.35. The van der Waals surface area contributed by atoms with Crippen LogP contribution in [0.5, 0.6) is 0 Å². The zero-order valence-corrected chi connectivity index (χ0v) is 22.0. The van der Waals surface area contributed by atoms with Crippen molar-refractivity contribution < 1.29 is 19.1 Å². The first-order valence-corrected chi connectivity index (χ1v) is 14.4. The lowest BCUT2D eigenvalue weighted by atomic mass is 10.1. The van der Waals surface area contributed by atoms with E-state index < -0.39 is 6.04 Å². The summed E-state index contributed by atoms with van der Waals surface area (Å²) in [6.07, 6.45) is 0.458. The van der Waals surface area contributed by atoms with Gasteiger partial charge in [0.1, 0.15) is 6.04 Å². The van der Waals surface area contributed by atoms with E-state index in [9.17, 15) is 14.4 Å². The zero-order chi connectivity index (χ0) is 24.9. The largest absolute Gasteiger partial charge is 0.379 e. The van der Waals surface area contributed by atoms with E-state index in [-0.39, 0.29) is 23.8 Å². The molecule has 5 heterocycles. The molecule has 0 radical (unpaired) electrons. The van der Waals surface area contributed by atoms with Gasteiger partial charge >= 0.3 is 0 Å². The molecule has 194 valence electrons. The first kappa shape index (κ1) is 25.3. The number of nitrogens with one attached hydrogen (secondary N) is 1. The van der Waals surface area contributed by atoms with Gasteiger partial charge in [-0.25, -0.2) is 0 Å². The third-order valence-electron chi connectivity index (χ3n) is 7.18. The second kappa shape index (κ2) is 11.8. The third-order valence-corrected chi connectivity index (χ3v) is 8.90. The minimum Gasteiger partial charge on any atom is -0.379 e. The number of rotatable bonds is 7. The Kier molecular flexibility index (Phi) is 8.32. The number of morpholine rings is 1. The molecule has 3 saturated heterocycles. The van der Waals surface area contributed by atoms with Gasteiger partial charge < -0.3 is 24.8 Å². The molecule has 2 unspecified atom stereocenters. The Morgan fingerprint density at radius 2 is 1.69 bits per heavy atom. The Bertz CT molecular complexity index is 1020. The van der Waals surface area contributed by atoms with Crippen molar-refractivity contribution >= 4 is 40.4 Å². The minimum atomic E-state index is -0.565. The number of hydrogen-bond donors (Lipinski definition) is 1. The van der Waals surface area contributed by atoms with Gasteiger partial charge in [-0.15, -0.1) is 22.7 Å². The lowest BCUT2D eigenvalue weighted by Crippen LogP contribution is -2.53. The standard InChI is InChI=1S/C25H33N5O4S2/c31-23(28-7-5-26-6-8-28)20-17-19(18-30(20)25(33)22-4-2-16-36-22)29(24(32)21-3-1-15-35-21)10-9-27-11-13-34-14-12-27/h1-4,15-16,19-20,26H,5-14,17-18H2. The second-order valence-corrected chi connectivity index (χ2v) is 11.2. The van der Waals surface area contributed by atoms with Gasteiger partial charge in [-0.1, -0.05) is 12.1 Å². The van der Waals surface area contributed by atoms with E-state index in [2.05, 4.69) is 10.2 Å². The normalized spacial score (nSPS) is 23.1. The van der Waals surface area contributed by atoms with Crippen LogP contribution in [-0.2, 0) is 9.53 Å². The third kappa shape index (κ3) is 5.65. The van der Waals surface area contributed by atoms with Crippen LogP contribution in [0.4, 0.5) is 0 Å². The predicted octanol–water partition coefficient (Wildman–Crippen LogP) is 1.30. The number of carbonyl (C=O) groups excluding carboxylic acids is 3. The Morgan fingerprint density at radius 3 is 2.36 bits per heavy atom. The molecule has 9 nitrogen and oxygen atoms in total. The quantitative estimate of drug-likeness (QED) is 0.580. The van der Waals surface area contributed by atoms with Crippen molar-refractivity contribution in [2.75, 3.05) is 72.1 Å². The Morgan fingerprint density at radius 1 is 1.00 bits per heavy atom. The van der Waals surface area contributed by atoms with Crippen molar-refractivity contribution in [3.63, 3.8) is 0 Å². The van der Waals surface area contributed by atoms with Gasteiger partial charge in [0.15, 0.2) is 0 Å². The highest BCUT2D eigenvalue weighted by Crippen LogP contribution is 2.29. The van der Waals surface area contributed by atoms with Crippen LogP contribution < -0.4 is 5.32 Å². The molecule has 1 N–H and O–H groups in total. The molecule has 0 aliphatic carbocycles. The molecule has 0 aromatic carbocycles. The first-order chi connectivity index (χ1) is 17.6. The van der Waals surface area contributed by atoms with E-state index in [1.54, 1.807) is 11.0 Å². The zero-order valence-electron chi connectivity index (χ0n) is 20.3. The van der Waals surface area contributed by atoms with E-state index in [1.165, 1.54) is 22.7 Å². The molecule has 2 aromatic rings. The molecule has 0 bridgehead atoms. The van der Waals surface area contributed by atoms with Crippen LogP contribution in [0.2, 0.25) is 0 Å². The van der Waals surface area contributed by atoms with Crippen LogP contribution in [0.3, 0.4) is 0 Å². The van der Waals surface area contributed by atoms with Crippen molar-refractivity contribution in [3.05, 3.63) is 44.8 Å². The summed E-state index contributed by atoms with van der Waals surface area (Å²) in [4.78, 5) is 49.9. The number of amides is 3. The van der Waals surface area contributed by atoms with Crippen LogP contribution in [-0.4, -0.2) is 122 Å². The van der Waals surface area contributed by atoms with Crippen LogP contribution in [0.25, 0.3) is 0 Å². The summed E-state index contributed by atoms with van der Waals surface area (Å²) in [6.45, 7) is 7.53. The van der Waals surface area contributed by atoms with Gasteiger partial charge in [0.05, 0.1) is 29.0 Å². The van der Waals surface area contributed by atoms with E-state index in [4.69, 9.17) is 4.74 Å². The molecular formula is C25H33N5O4S2. The van der Waals surface area contributed by atoms with Gasteiger partial charge in [0, 0.05) is 58.9 Å². The number of nitrogens with zero attached hydrogens (tertiary/aromatic N) is 4. The molecule has 2 aromatic heterocycles. The summed E-state index contributed by atoms with van der Waals surface area (Å²) >= 11 is 2.82. The highest BCUT2D eigenvalue weighted by Gasteiger charge is 2.45. The summed E-state index contributed by atoms with van der Waals surface area (Å²) in [6, 6.07) is 6.61. The predicted molar refractivity (Wildman–Crippen MR) is 140 cm³/mol. The first-order valence-electron chi connectivity index (χ1n) is 12.6. The number of likely N-dealkylation sites (tertiary alicyclic amines) is 1. The Labute approximate surface area is 219 Å². The van der Waals surface area contributed by atoms with Gasteiger partial charge in [0.25, 0.3) is 11.8 Å². The summed E-state index contributed by atoms with van der Waals surface area (Å²) < 4.78 is 5.48. The van der Waals surface area contributed by atoms with Crippen molar-refractivity contribution in [3.8, 4) is 0 Å². The monoisotopic (exact) mass is 531 g/mol. The average molecular weight is 532 g/mol. The molecule has 3 aliphatic rings. The number of thiophene rings is 2. The molecule has 36 heavy (non-hydrogen) atoms. The molecule has 5 rings (SSSR count). The van der Waals surface area contributed by atoms with Gasteiger partial charge in [-0.3, -0.25) is 19.3 Å². The molecule has 2 atom stereocenters. The Hall–Kier alpha value is -2.31. The van der Waals surface area contributed by atoms with E-state index in [0.29, 0.717) is 55.6 Å². The molecule has 3 amide bonds. The number of piperazine rings is 1. The highest BCUT2D eigenvalue weighted by atomic mass is 32.1. The smallest absolute Gasteiger partial charge is 0.264 e. The molecule has 3 aliphatic heterocycles. The molecule has 0 spiro atoms. The van der Waals surface area contributed by atoms with Gasteiger partial charge in [-0.2, -0.15) is 0 Å². The van der Waals surface area contributed by atoms with Crippen LogP contribution in [0.15, 0.2) is 35.0 Å². The van der Waals surface area contributed by atoms with Gasteiger partial charge in [-0.05, 0) is 29.3 Å². The minimum absolute atomic E-state index is 0.0133. The number of hydrogen-bond acceptors (Lipinski definition) is 8. The SMILES string of the molecule is O=C(C1CC(N(CCN2CCOCC2)C(=O)c2cccs2)CN1C(=O)c1cccs1)N1CCNCC1. The number of ether oxygens (including phenoxy) is 1. The van der Waals surface area contributed by atoms with E-state index in [0.717, 1.165) is 32.7 Å². The summed E-state index contributed by atoms with van der Waals surface area (Å²) in [5.74, 6) is -0.166. The van der Waals surface area contributed by atoms with Gasteiger partial charge in [0.2, 0.25) is 5.91 Å². The van der Waals surface area contributed by atoms with Crippen molar-refractivity contribution in [2.45, 2.75) is 18.5 Å². The topological polar surface area (TPSA) is 85.4 Å². The van der Waals surface area contributed by atoms with E-state index in [1.807, 2.05) is 38.8 Å². The maximum atomic E-state index is 13.6. The van der Waals surface area contributed by atoms with E-state index >= 15 is 0 Å². The van der Waals surface area contributed by atoms with Crippen LogP contribution in [0.1, 0.15) is 25.8 Å². The summed E-state index contributed by atoms with van der Waals surface area (Å²) in [5, 5.41) is 7.07. The average Bonchev–Trinajstić information content (AvgIpc) is 3.71. The lowest BCUT2D eigenvalue weighted by molar-refractivity contribution is -0.135. The van der Waals surface area contributed by atoms with Crippen molar-refractivity contribution in [1.82, 2.24) is 24.9 Å². The molecule has 0 saturated carbocycles. The molecule has 11 heteroatoms. The summed E-state index contributed by atoms with van der Waals surface area (Å²) in [7, 11) is 0. The number of carbonyl (C=O) groups is 3. The molecule has 3 fully saturated rings. The molecular weight excluding hydrogens is 498 g/mol. The fourth-order valence-electron chi connectivity index (χ4n) is 5.20. The van der Waals surface area contributed by atoms with Crippen molar-refractivity contribution in [2.24, 2.45) is 0 Å². The van der Waals surface area contributed by atoms with Crippen LogP contribution in [0, 0.1) is 0 Å². The van der Waals surface area contributed by atoms with Crippen molar-refractivity contribution in [1.29, 1.82) is 0 Å². The fourth-order valence-corrected chi connectivity index (χ4v) is 6.56.